The van der Waals surface area contributed by atoms with Crippen LogP contribution in [0.1, 0.15) is 0 Å². The van der Waals surface area contributed by atoms with E-state index in [-0.39, 0.29) is 12.1 Å². The lowest BCUT2D eigenvalue weighted by Gasteiger charge is -2.01. The summed E-state index contributed by atoms with van der Waals surface area (Å²) in [6.45, 7) is 0. The molecule has 0 N–H and O–H groups in total. The monoisotopic (exact) mass is 289 g/mol. The molecule has 0 bridgehead atoms. The van der Waals surface area contributed by atoms with Crippen molar-refractivity contribution in [3.05, 3.63) is 29.6 Å². The number of hydrogen-bond acceptors (Lipinski definition) is 5. The van der Waals surface area contributed by atoms with Crippen molar-refractivity contribution in [3.8, 4) is 0 Å². The van der Waals surface area contributed by atoms with Gasteiger partial charge in [-0.25, -0.2) is 13.2 Å². The smallest absolute Gasteiger partial charge is 0.207 e. The van der Waals surface area contributed by atoms with Crippen molar-refractivity contribution in [2.75, 3.05) is 7.11 Å². The van der Waals surface area contributed by atoms with Crippen LogP contribution in [0.25, 0.3) is 0 Å². The molecule has 0 amide bonds. The third kappa shape index (κ3) is 3.22. The Morgan fingerprint density at radius 1 is 1.18 bits per heavy atom. The first kappa shape index (κ1) is 14.0. The van der Waals surface area contributed by atoms with E-state index in [0.29, 0.717) is 0 Å². The molecular weight excluding hydrogens is 284 g/mol. The lowest BCUT2D eigenvalue weighted by molar-refractivity contribution is 0.346. The normalized spacial score (nSPS) is 12.6. The number of hydrogen-bond donors (Lipinski definition) is 0. The summed E-state index contributed by atoms with van der Waals surface area (Å²) in [5.41, 5.74) is 0. The van der Waals surface area contributed by atoms with Crippen LogP contribution in [-0.2, 0) is 23.2 Å². The van der Waals surface area contributed by atoms with Crippen molar-refractivity contribution in [2.45, 2.75) is 4.90 Å². The zero-order valence-corrected chi connectivity index (χ0v) is 9.90. The molecule has 0 fully saturated rings. The van der Waals surface area contributed by atoms with E-state index in [0.717, 1.165) is 7.11 Å². The van der Waals surface area contributed by atoms with Crippen molar-refractivity contribution in [1.29, 1.82) is 0 Å². The van der Waals surface area contributed by atoms with E-state index in [4.69, 9.17) is 0 Å². The van der Waals surface area contributed by atoms with Crippen molar-refractivity contribution in [3.63, 3.8) is 0 Å². The van der Waals surface area contributed by atoms with Crippen molar-refractivity contribution in [2.24, 2.45) is 0 Å². The molecule has 0 heterocycles. The highest BCUT2D eigenvalue weighted by atomic mass is 32.2. The maximum Gasteiger partial charge on any atom is 0.714 e. The minimum Gasteiger partial charge on any atom is -0.207 e. The number of benzene rings is 1. The first-order valence-electron chi connectivity index (χ1n) is 3.88. The summed E-state index contributed by atoms with van der Waals surface area (Å²) in [5.74, 6) is -4.68. The fourth-order valence-electron chi connectivity index (χ4n) is 0.916. The van der Waals surface area contributed by atoms with Crippen LogP contribution in [0.15, 0.2) is 17.0 Å². The van der Waals surface area contributed by atoms with Crippen molar-refractivity contribution >= 4 is 18.4 Å². The lowest BCUT2D eigenvalue weighted by Crippen LogP contribution is -2.08. The Morgan fingerprint density at radius 3 is 2.06 bits per heavy atom. The van der Waals surface area contributed by atoms with Crippen LogP contribution >= 0.6 is 8.25 Å². The summed E-state index contributed by atoms with van der Waals surface area (Å²) in [6, 6.07) is 0.304. The van der Waals surface area contributed by atoms with Gasteiger partial charge in [-0.05, 0) is 0 Å². The molecule has 0 aliphatic heterocycles. The van der Waals surface area contributed by atoms with Gasteiger partial charge in [0.2, 0.25) is 0 Å². The van der Waals surface area contributed by atoms with Gasteiger partial charge in [0, 0.05) is 20.7 Å². The highest BCUT2D eigenvalue weighted by molar-refractivity contribution is 7.89. The molecule has 94 valence electrons. The molecule has 0 saturated carbocycles. The summed E-state index contributed by atoms with van der Waals surface area (Å²) in [5, 5.41) is 0. The second-order valence-corrected chi connectivity index (χ2v) is 5.36. The molecule has 1 aromatic rings. The fourth-order valence-corrected chi connectivity index (χ4v) is 2.69. The Kier molecular flexibility index (Phi) is 4.21. The maximum absolute atomic E-state index is 13.1. The Balaban J connectivity index is 3.29. The Bertz CT molecular complexity index is 536. The second-order valence-electron chi connectivity index (χ2n) is 2.63. The molecule has 0 aliphatic rings. The van der Waals surface area contributed by atoms with Crippen molar-refractivity contribution in [1.82, 2.24) is 0 Å². The van der Waals surface area contributed by atoms with Gasteiger partial charge in [-0.15, -0.1) is 4.52 Å². The molecule has 5 nitrogen and oxygen atoms in total. The summed E-state index contributed by atoms with van der Waals surface area (Å²) in [4.78, 5) is -1.53. The first-order valence-corrected chi connectivity index (χ1v) is 6.39. The highest BCUT2D eigenvalue weighted by Crippen LogP contribution is 2.31. The summed E-state index contributed by atoms with van der Waals surface area (Å²) in [6.07, 6.45) is 0. The van der Waals surface area contributed by atoms with Gasteiger partial charge in [-0.2, -0.15) is 8.42 Å². The largest absolute Gasteiger partial charge is 0.714 e. The van der Waals surface area contributed by atoms with Crippen LogP contribution in [0.2, 0.25) is 0 Å². The van der Waals surface area contributed by atoms with E-state index in [1.54, 1.807) is 0 Å². The minimum absolute atomic E-state index is 0.152. The van der Waals surface area contributed by atoms with Gasteiger partial charge in [0.25, 0.3) is 0 Å². The average molecular weight is 289 g/mol. The van der Waals surface area contributed by atoms with Gasteiger partial charge in [-0.1, -0.05) is 0 Å². The number of rotatable bonds is 4. The first-order chi connectivity index (χ1) is 7.77. The molecule has 0 aliphatic carbocycles. The van der Waals surface area contributed by atoms with E-state index in [2.05, 4.69) is 8.49 Å². The zero-order chi connectivity index (χ0) is 13.2. The van der Waals surface area contributed by atoms with Gasteiger partial charge >= 0.3 is 18.4 Å². The van der Waals surface area contributed by atoms with Crippen LogP contribution in [0.4, 0.5) is 13.2 Å². The predicted octanol–water partition coefficient (Wildman–Crippen LogP) is 2.11. The molecule has 0 radical (unpaired) electrons. The molecule has 0 spiro atoms. The molecule has 1 rings (SSSR count). The SMILES string of the molecule is CO[P+](=O)OS(=O)(=O)c1c(F)cc(F)cc1F. The van der Waals surface area contributed by atoms with Crippen LogP contribution in [0, 0.1) is 17.5 Å². The van der Waals surface area contributed by atoms with E-state index in [1.807, 2.05) is 0 Å². The summed E-state index contributed by atoms with van der Waals surface area (Å²) < 4.78 is 79.8. The van der Waals surface area contributed by atoms with Gasteiger partial charge in [0.05, 0.1) is 7.11 Å². The quantitative estimate of drug-likeness (QED) is 0.794. The Hall–Kier alpha value is -1.02. The Morgan fingerprint density at radius 2 is 1.65 bits per heavy atom. The third-order valence-electron chi connectivity index (χ3n) is 1.52. The number of halogens is 3. The van der Waals surface area contributed by atoms with E-state index >= 15 is 0 Å². The molecule has 0 saturated heterocycles. The third-order valence-corrected chi connectivity index (χ3v) is 3.98. The van der Waals surface area contributed by atoms with E-state index < -0.39 is 40.7 Å². The lowest BCUT2D eigenvalue weighted by atomic mass is 10.3. The topological polar surface area (TPSA) is 69.7 Å². The molecule has 0 aromatic heterocycles. The zero-order valence-electron chi connectivity index (χ0n) is 8.19. The van der Waals surface area contributed by atoms with Gasteiger partial charge in [0.1, 0.15) is 17.5 Å². The average Bonchev–Trinajstić information content (AvgIpc) is 2.14. The van der Waals surface area contributed by atoms with Crippen LogP contribution in [-0.4, -0.2) is 15.5 Å². The van der Waals surface area contributed by atoms with Crippen LogP contribution in [0.3, 0.4) is 0 Å². The standard InChI is InChI=1S/C7H5F3O5PS/c1-14-16(11)15-17(12,13)7-5(9)2-4(8)3-6(7)10/h2-3H,1H3/q+1. The molecular formula is C7H5F3O5PS+. The minimum atomic E-state index is -4.98. The van der Waals surface area contributed by atoms with E-state index in [1.165, 1.54) is 0 Å². The highest BCUT2D eigenvalue weighted by Gasteiger charge is 2.36. The Labute approximate surface area is 95.2 Å². The molecule has 1 aromatic carbocycles. The molecule has 17 heavy (non-hydrogen) atoms. The van der Waals surface area contributed by atoms with Crippen molar-refractivity contribution < 1.29 is 34.6 Å². The molecule has 10 heteroatoms. The van der Waals surface area contributed by atoms with Crippen LogP contribution < -0.4 is 0 Å². The van der Waals surface area contributed by atoms with Gasteiger partial charge in [0.15, 0.2) is 4.90 Å². The van der Waals surface area contributed by atoms with Gasteiger partial charge < -0.3 is 0 Å². The summed E-state index contributed by atoms with van der Waals surface area (Å²) in [7, 11) is -7.20. The molecule has 1 atom stereocenters. The molecule has 1 unspecified atom stereocenters. The fraction of sp³-hybridized carbons (Fsp3) is 0.143. The van der Waals surface area contributed by atoms with E-state index in [9.17, 15) is 26.2 Å². The van der Waals surface area contributed by atoms with Crippen LogP contribution in [0.5, 0.6) is 0 Å². The summed E-state index contributed by atoms with van der Waals surface area (Å²) >= 11 is 0. The van der Waals surface area contributed by atoms with Gasteiger partial charge in [-0.3, -0.25) is 0 Å². The second kappa shape index (κ2) is 5.09. The maximum atomic E-state index is 13.1. The predicted molar refractivity (Wildman–Crippen MR) is 49.2 cm³/mol.